The Hall–Kier alpha value is -1.92. The zero-order chi connectivity index (χ0) is 20.7. The fraction of sp³-hybridized carbons (Fsp3) is 0.636. The molecule has 3 fully saturated rings. The van der Waals surface area contributed by atoms with E-state index in [1.54, 1.807) is 26.0 Å². The Morgan fingerprint density at radius 2 is 2.14 bits per heavy atom. The number of rotatable bonds is 3. The molecule has 154 valence electrons. The number of aliphatic hydroxyl groups is 1. The molecule has 1 saturated carbocycles. The number of carbonyl (C=O) groups excluding carboxylic acids is 2. The number of epoxide rings is 1. The van der Waals surface area contributed by atoms with Crippen LogP contribution in [0.15, 0.2) is 36.0 Å². The van der Waals surface area contributed by atoms with Gasteiger partial charge in [-0.05, 0) is 39.2 Å². The van der Waals surface area contributed by atoms with Gasteiger partial charge < -0.3 is 19.3 Å². The summed E-state index contributed by atoms with van der Waals surface area (Å²) >= 11 is 0. The number of cyclic esters (lactones) is 1. The molecule has 2 aliphatic heterocycles. The minimum Gasteiger partial charge on any atom is -0.461 e. The Balaban J connectivity index is 1.89. The molecule has 2 saturated heterocycles. The summed E-state index contributed by atoms with van der Waals surface area (Å²) in [7, 11) is 0. The van der Waals surface area contributed by atoms with E-state index in [0.717, 1.165) is 18.4 Å². The SMILES string of the molecule is C=C1C[C@@H](OC(C)=O)[C@H]2O[C@@]2(C)CC[C@@H]2/C(=C\C=C\C(C)(C)O)COC(=O)[C@@H]12. The summed E-state index contributed by atoms with van der Waals surface area (Å²) in [5, 5.41) is 9.88. The first-order chi connectivity index (χ1) is 13.0. The third-order valence-electron chi connectivity index (χ3n) is 5.78. The van der Waals surface area contributed by atoms with Crippen molar-refractivity contribution >= 4 is 11.9 Å². The molecule has 0 radical (unpaired) electrons. The van der Waals surface area contributed by atoms with Crippen LogP contribution in [0.2, 0.25) is 0 Å². The van der Waals surface area contributed by atoms with E-state index in [1.165, 1.54) is 6.92 Å². The molecule has 1 aliphatic carbocycles. The van der Waals surface area contributed by atoms with Crippen molar-refractivity contribution in [3.63, 3.8) is 0 Å². The standard InChI is InChI=1S/C22H30O6/c1-13-11-17(27-14(2)23)19-22(5,28-19)10-8-16-15(7-6-9-21(3,4)25)12-26-20(24)18(13)16/h6-7,9,16-19,25H,1,8,10-12H2,2-5H3/b9-6+,15-7-/t16-,17-,18+,19-,22+/m1/s1. The van der Waals surface area contributed by atoms with Crippen LogP contribution in [-0.4, -0.2) is 47.1 Å². The molecule has 3 rings (SSSR count). The van der Waals surface area contributed by atoms with Gasteiger partial charge in [-0.3, -0.25) is 9.59 Å². The van der Waals surface area contributed by atoms with E-state index in [4.69, 9.17) is 14.2 Å². The monoisotopic (exact) mass is 390 g/mol. The molecule has 0 aromatic rings. The number of allylic oxidation sites excluding steroid dienone is 2. The highest BCUT2D eigenvalue weighted by Crippen LogP contribution is 2.50. The van der Waals surface area contributed by atoms with Crippen molar-refractivity contribution in [1.29, 1.82) is 0 Å². The maximum absolute atomic E-state index is 12.6. The first-order valence-electron chi connectivity index (χ1n) is 9.80. The van der Waals surface area contributed by atoms with E-state index >= 15 is 0 Å². The molecular weight excluding hydrogens is 360 g/mol. The van der Waals surface area contributed by atoms with E-state index in [1.807, 2.05) is 13.0 Å². The third-order valence-corrected chi connectivity index (χ3v) is 5.78. The van der Waals surface area contributed by atoms with Crippen LogP contribution < -0.4 is 0 Å². The minimum absolute atomic E-state index is 0.0436. The highest BCUT2D eigenvalue weighted by Gasteiger charge is 2.59. The lowest BCUT2D eigenvalue weighted by Gasteiger charge is -2.34. The van der Waals surface area contributed by atoms with Gasteiger partial charge in [-0.2, -0.15) is 0 Å². The average molecular weight is 390 g/mol. The van der Waals surface area contributed by atoms with E-state index < -0.39 is 17.6 Å². The molecule has 0 spiro atoms. The maximum Gasteiger partial charge on any atom is 0.314 e. The third kappa shape index (κ3) is 4.55. The lowest BCUT2D eigenvalue weighted by Crippen LogP contribution is -2.36. The zero-order valence-electron chi connectivity index (χ0n) is 17.1. The minimum atomic E-state index is -0.913. The summed E-state index contributed by atoms with van der Waals surface area (Å²) in [4.78, 5) is 24.1. The lowest BCUT2D eigenvalue weighted by molar-refractivity contribution is -0.151. The molecule has 0 aromatic heterocycles. The second kappa shape index (κ2) is 7.48. The maximum atomic E-state index is 12.6. The Morgan fingerprint density at radius 1 is 1.43 bits per heavy atom. The van der Waals surface area contributed by atoms with Crippen LogP contribution in [-0.2, 0) is 23.8 Å². The highest BCUT2D eigenvalue weighted by atomic mass is 16.6. The van der Waals surface area contributed by atoms with E-state index in [0.29, 0.717) is 12.0 Å². The van der Waals surface area contributed by atoms with Gasteiger partial charge in [0.1, 0.15) is 18.8 Å². The topological polar surface area (TPSA) is 85.4 Å². The van der Waals surface area contributed by atoms with Crippen LogP contribution in [0.1, 0.15) is 47.0 Å². The summed E-state index contributed by atoms with van der Waals surface area (Å²) in [5.41, 5.74) is 0.435. The zero-order valence-corrected chi connectivity index (χ0v) is 17.1. The van der Waals surface area contributed by atoms with Crippen LogP contribution >= 0.6 is 0 Å². The molecule has 2 heterocycles. The second-order valence-corrected chi connectivity index (χ2v) is 8.85. The largest absolute Gasteiger partial charge is 0.461 e. The van der Waals surface area contributed by atoms with Crippen LogP contribution in [0.5, 0.6) is 0 Å². The van der Waals surface area contributed by atoms with E-state index in [2.05, 4.69) is 6.58 Å². The molecule has 1 N–H and O–H groups in total. The first-order valence-corrected chi connectivity index (χ1v) is 9.80. The van der Waals surface area contributed by atoms with Crippen molar-refractivity contribution in [2.45, 2.75) is 70.4 Å². The number of hydrogen-bond acceptors (Lipinski definition) is 6. The summed E-state index contributed by atoms with van der Waals surface area (Å²) in [6, 6.07) is 0. The van der Waals surface area contributed by atoms with E-state index in [9.17, 15) is 14.7 Å². The van der Waals surface area contributed by atoms with Crippen LogP contribution in [0.25, 0.3) is 0 Å². The number of esters is 2. The Bertz CT molecular complexity index is 728. The molecule has 5 atom stereocenters. The smallest absolute Gasteiger partial charge is 0.314 e. The predicted octanol–water partition coefficient (Wildman–Crippen LogP) is 2.86. The number of carbonyl (C=O) groups is 2. The van der Waals surface area contributed by atoms with Gasteiger partial charge in [0.05, 0.1) is 17.1 Å². The van der Waals surface area contributed by atoms with Crippen molar-refractivity contribution < 1.29 is 28.9 Å². The van der Waals surface area contributed by atoms with Gasteiger partial charge in [0.15, 0.2) is 0 Å². The Morgan fingerprint density at radius 3 is 2.79 bits per heavy atom. The molecule has 0 amide bonds. The van der Waals surface area contributed by atoms with Crippen molar-refractivity contribution in [2.24, 2.45) is 11.8 Å². The number of ether oxygens (including phenoxy) is 3. The van der Waals surface area contributed by atoms with Crippen LogP contribution in [0.3, 0.4) is 0 Å². The second-order valence-electron chi connectivity index (χ2n) is 8.85. The normalized spacial score (nSPS) is 37.4. The molecule has 28 heavy (non-hydrogen) atoms. The quantitative estimate of drug-likeness (QED) is 0.453. The molecule has 3 aliphatic rings. The van der Waals surface area contributed by atoms with Crippen molar-refractivity contribution in [2.75, 3.05) is 6.61 Å². The highest BCUT2D eigenvalue weighted by molar-refractivity contribution is 5.78. The molecule has 6 heteroatoms. The molecule has 6 nitrogen and oxygen atoms in total. The van der Waals surface area contributed by atoms with Gasteiger partial charge in [0, 0.05) is 19.3 Å². The van der Waals surface area contributed by atoms with Gasteiger partial charge in [0.2, 0.25) is 0 Å². The van der Waals surface area contributed by atoms with Gasteiger partial charge in [-0.25, -0.2) is 0 Å². The van der Waals surface area contributed by atoms with Crippen LogP contribution in [0.4, 0.5) is 0 Å². The van der Waals surface area contributed by atoms with Gasteiger partial charge in [0.25, 0.3) is 0 Å². The van der Waals surface area contributed by atoms with Gasteiger partial charge >= 0.3 is 11.9 Å². The van der Waals surface area contributed by atoms with Crippen molar-refractivity contribution in [3.05, 3.63) is 36.0 Å². The summed E-state index contributed by atoms with van der Waals surface area (Å²) < 4.78 is 16.8. The summed E-state index contributed by atoms with van der Waals surface area (Å²) in [5.74, 6) is -1.15. The summed E-state index contributed by atoms with van der Waals surface area (Å²) in [6.45, 7) is 11.2. The first kappa shape index (κ1) is 20.8. The molecular formula is C22H30O6. The molecule has 0 aromatic carbocycles. The fourth-order valence-electron chi connectivity index (χ4n) is 4.29. The van der Waals surface area contributed by atoms with Crippen LogP contribution in [0, 0.1) is 11.8 Å². The van der Waals surface area contributed by atoms with E-state index in [-0.39, 0.29) is 36.2 Å². The predicted molar refractivity (Wildman–Crippen MR) is 103 cm³/mol. The molecule has 0 bridgehead atoms. The van der Waals surface area contributed by atoms with Crippen molar-refractivity contribution in [1.82, 2.24) is 0 Å². The van der Waals surface area contributed by atoms with Gasteiger partial charge in [-0.15, -0.1) is 0 Å². The van der Waals surface area contributed by atoms with Crippen molar-refractivity contribution in [3.8, 4) is 0 Å². The summed E-state index contributed by atoms with van der Waals surface area (Å²) in [6.07, 6.45) is 6.70. The number of fused-ring (bicyclic) bond motifs is 2. The Labute approximate surface area is 166 Å². The number of hydrogen-bond donors (Lipinski definition) is 1. The molecule has 0 unspecified atom stereocenters. The lowest BCUT2D eigenvalue weighted by atomic mass is 9.76. The fourth-order valence-corrected chi connectivity index (χ4v) is 4.29. The Kier molecular flexibility index (Phi) is 5.56. The van der Waals surface area contributed by atoms with Gasteiger partial charge in [-0.1, -0.05) is 30.4 Å². The average Bonchev–Trinajstić information content (AvgIpc) is 3.23.